The average Bonchev–Trinajstić information content (AvgIpc) is 2.20. The van der Waals surface area contributed by atoms with Gasteiger partial charge in [0.2, 0.25) is 5.91 Å². The third kappa shape index (κ3) is 3.13. The Balaban J connectivity index is 2.74. The van der Waals surface area contributed by atoms with Crippen molar-refractivity contribution in [3.8, 4) is 0 Å². The first-order valence-corrected chi connectivity index (χ1v) is 5.00. The zero-order chi connectivity index (χ0) is 12.3. The molecule has 0 saturated carbocycles. The van der Waals surface area contributed by atoms with E-state index < -0.39 is 12.0 Å². The minimum Gasteiger partial charge on any atom is -0.382 e. The lowest BCUT2D eigenvalue weighted by Gasteiger charge is -2.11. The summed E-state index contributed by atoms with van der Waals surface area (Å²) in [4.78, 5) is 14.4. The zero-order valence-corrected chi connectivity index (χ0v) is 9.59. The molecule has 0 radical (unpaired) electrons. The van der Waals surface area contributed by atoms with Gasteiger partial charge in [0.15, 0.2) is 0 Å². The highest BCUT2D eigenvalue weighted by molar-refractivity contribution is 6.37. The number of nitrogen functional groups attached to an aromatic ring is 1. The summed E-state index contributed by atoms with van der Waals surface area (Å²) in [7, 11) is 0. The number of hydrogen-bond acceptors (Lipinski definition) is 5. The maximum absolute atomic E-state index is 10.6. The van der Waals surface area contributed by atoms with Crippen LogP contribution < -0.4 is 16.8 Å². The van der Waals surface area contributed by atoms with Crippen molar-refractivity contribution in [3.05, 3.63) is 16.1 Å². The van der Waals surface area contributed by atoms with E-state index in [4.69, 9.17) is 39.8 Å². The van der Waals surface area contributed by atoms with Gasteiger partial charge in [0.25, 0.3) is 0 Å². The van der Waals surface area contributed by atoms with E-state index in [2.05, 4.69) is 10.3 Å². The SMILES string of the molecule is NC(=O)C(O)CNc1nc(N)c(Cl)cc1Cl. The van der Waals surface area contributed by atoms with Gasteiger partial charge in [0.1, 0.15) is 17.7 Å². The maximum Gasteiger partial charge on any atom is 0.248 e. The van der Waals surface area contributed by atoms with Crippen LogP contribution in [0.15, 0.2) is 6.07 Å². The van der Waals surface area contributed by atoms with Crippen molar-refractivity contribution in [2.24, 2.45) is 5.73 Å². The number of pyridine rings is 1. The van der Waals surface area contributed by atoms with Gasteiger partial charge in [-0.1, -0.05) is 23.2 Å². The normalized spacial score (nSPS) is 12.2. The Morgan fingerprint density at radius 2 is 2.19 bits per heavy atom. The van der Waals surface area contributed by atoms with Crippen molar-refractivity contribution in [1.82, 2.24) is 4.98 Å². The highest BCUT2D eigenvalue weighted by Gasteiger charge is 2.12. The monoisotopic (exact) mass is 264 g/mol. The molecule has 0 saturated heterocycles. The molecule has 6 N–H and O–H groups in total. The molecule has 1 aromatic heterocycles. The molecule has 0 aliphatic heterocycles. The summed E-state index contributed by atoms with van der Waals surface area (Å²) in [5.74, 6) is -0.517. The smallest absolute Gasteiger partial charge is 0.248 e. The standard InChI is InChI=1S/C8H10Cl2N4O2/c9-3-1-4(10)8(14-6(3)11)13-2-5(15)7(12)16/h1,5,15H,2H2,(H2,12,16)(H3,11,13,14). The molecule has 0 fully saturated rings. The summed E-state index contributed by atoms with van der Waals surface area (Å²) in [5.41, 5.74) is 10.3. The van der Waals surface area contributed by atoms with E-state index in [1.54, 1.807) is 0 Å². The summed E-state index contributed by atoms with van der Waals surface area (Å²) in [6.07, 6.45) is -1.32. The van der Waals surface area contributed by atoms with Gasteiger partial charge < -0.3 is 21.9 Å². The number of primary amides is 1. The quantitative estimate of drug-likeness (QED) is 0.622. The number of carbonyl (C=O) groups excluding carboxylic acids is 1. The molecule has 0 aliphatic carbocycles. The van der Waals surface area contributed by atoms with Crippen LogP contribution in [0.5, 0.6) is 0 Å². The first kappa shape index (κ1) is 12.8. The van der Waals surface area contributed by atoms with Gasteiger partial charge in [-0.05, 0) is 6.07 Å². The molecule has 0 aromatic carbocycles. The van der Waals surface area contributed by atoms with Crippen LogP contribution in [0.4, 0.5) is 11.6 Å². The van der Waals surface area contributed by atoms with Gasteiger partial charge >= 0.3 is 0 Å². The number of nitrogens with one attached hydrogen (secondary N) is 1. The number of aliphatic hydroxyl groups is 1. The Morgan fingerprint density at radius 1 is 1.56 bits per heavy atom. The maximum atomic E-state index is 10.6. The topological polar surface area (TPSA) is 114 Å². The number of amides is 1. The van der Waals surface area contributed by atoms with Crippen LogP contribution in [0, 0.1) is 0 Å². The molecular weight excluding hydrogens is 255 g/mol. The zero-order valence-electron chi connectivity index (χ0n) is 8.08. The van der Waals surface area contributed by atoms with Gasteiger partial charge in [-0.3, -0.25) is 4.79 Å². The minimum absolute atomic E-state index is 0.0992. The average molecular weight is 265 g/mol. The van der Waals surface area contributed by atoms with Crippen LogP contribution in [0.25, 0.3) is 0 Å². The van der Waals surface area contributed by atoms with E-state index in [-0.39, 0.29) is 28.2 Å². The number of carbonyl (C=O) groups is 1. The molecule has 1 aromatic rings. The predicted molar refractivity (Wildman–Crippen MR) is 62.4 cm³/mol. The molecule has 1 amide bonds. The van der Waals surface area contributed by atoms with Crippen molar-refractivity contribution < 1.29 is 9.90 Å². The first-order chi connectivity index (χ1) is 7.41. The minimum atomic E-state index is -1.32. The summed E-state index contributed by atoms with van der Waals surface area (Å²) >= 11 is 11.5. The van der Waals surface area contributed by atoms with Crippen molar-refractivity contribution in [1.29, 1.82) is 0 Å². The van der Waals surface area contributed by atoms with Crippen LogP contribution in [0.3, 0.4) is 0 Å². The molecule has 0 bridgehead atoms. The van der Waals surface area contributed by atoms with E-state index >= 15 is 0 Å². The fourth-order valence-electron chi connectivity index (χ4n) is 0.899. The molecule has 0 aliphatic rings. The Morgan fingerprint density at radius 3 is 2.75 bits per heavy atom. The molecule has 1 atom stereocenters. The van der Waals surface area contributed by atoms with E-state index in [0.29, 0.717) is 0 Å². The number of hydrogen-bond donors (Lipinski definition) is 4. The second-order valence-electron chi connectivity index (χ2n) is 2.98. The van der Waals surface area contributed by atoms with E-state index in [9.17, 15) is 4.79 Å². The molecule has 1 heterocycles. The summed E-state index contributed by atoms with van der Waals surface area (Å²) in [6.45, 7) is -0.108. The Kier molecular flexibility index (Phi) is 4.17. The highest BCUT2D eigenvalue weighted by atomic mass is 35.5. The summed E-state index contributed by atoms with van der Waals surface area (Å²) in [6, 6.07) is 1.41. The lowest BCUT2D eigenvalue weighted by Crippen LogP contribution is -2.34. The number of anilines is 2. The van der Waals surface area contributed by atoms with Crippen molar-refractivity contribution >= 4 is 40.7 Å². The molecule has 16 heavy (non-hydrogen) atoms. The third-order valence-corrected chi connectivity index (χ3v) is 2.34. The van der Waals surface area contributed by atoms with Gasteiger partial charge in [-0.25, -0.2) is 4.98 Å². The number of nitrogens with two attached hydrogens (primary N) is 2. The number of nitrogens with zero attached hydrogens (tertiary/aromatic N) is 1. The van der Waals surface area contributed by atoms with E-state index in [1.807, 2.05) is 0 Å². The predicted octanol–water partition coefficient (Wildman–Crippen LogP) is 0.229. The fourth-order valence-corrected chi connectivity index (χ4v) is 1.32. The largest absolute Gasteiger partial charge is 0.382 e. The number of aromatic nitrogens is 1. The fraction of sp³-hybridized carbons (Fsp3) is 0.250. The van der Waals surface area contributed by atoms with Crippen LogP contribution in [-0.2, 0) is 4.79 Å². The van der Waals surface area contributed by atoms with E-state index in [0.717, 1.165) is 0 Å². The Labute approximate surface area is 102 Å². The second kappa shape index (κ2) is 5.20. The molecule has 1 rings (SSSR count). The number of rotatable bonds is 4. The molecule has 8 heteroatoms. The van der Waals surface area contributed by atoms with Crippen LogP contribution in [0.1, 0.15) is 0 Å². The van der Waals surface area contributed by atoms with Gasteiger partial charge in [-0.15, -0.1) is 0 Å². The highest BCUT2D eigenvalue weighted by Crippen LogP contribution is 2.27. The van der Waals surface area contributed by atoms with Gasteiger partial charge in [0.05, 0.1) is 16.6 Å². The van der Waals surface area contributed by atoms with Crippen LogP contribution in [-0.4, -0.2) is 28.6 Å². The summed E-state index contributed by atoms with van der Waals surface area (Å²) < 4.78 is 0. The molecule has 6 nitrogen and oxygen atoms in total. The molecular formula is C8H10Cl2N4O2. The number of halogens is 2. The van der Waals surface area contributed by atoms with Gasteiger partial charge in [0, 0.05) is 0 Å². The van der Waals surface area contributed by atoms with Crippen LogP contribution >= 0.6 is 23.2 Å². The second-order valence-corrected chi connectivity index (χ2v) is 3.80. The first-order valence-electron chi connectivity index (χ1n) is 4.24. The Hall–Kier alpha value is -1.24. The third-order valence-electron chi connectivity index (χ3n) is 1.75. The van der Waals surface area contributed by atoms with Crippen molar-refractivity contribution in [2.45, 2.75) is 6.10 Å². The molecule has 0 spiro atoms. The van der Waals surface area contributed by atoms with Crippen molar-refractivity contribution in [3.63, 3.8) is 0 Å². The molecule has 88 valence electrons. The number of aliphatic hydroxyl groups excluding tert-OH is 1. The van der Waals surface area contributed by atoms with E-state index in [1.165, 1.54) is 6.07 Å². The summed E-state index contributed by atoms with van der Waals surface area (Å²) in [5, 5.41) is 12.2. The Bertz CT molecular complexity index is 413. The lowest BCUT2D eigenvalue weighted by atomic mass is 10.3. The molecule has 1 unspecified atom stereocenters. The lowest BCUT2D eigenvalue weighted by molar-refractivity contribution is -0.125. The van der Waals surface area contributed by atoms with Crippen LogP contribution in [0.2, 0.25) is 10.0 Å². The van der Waals surface area contributed by atoms with Gasteiger partial charge in [-0.2, -0.15) is 0 Å². The van der Waals surface area contributed by atoms with Crippen molar-refractivity contribution in [2.75, 3.05) is 17.6 Å².